The Bertz CT molecular complexity index is 200. The Hall–Kier alpha value is -0.120. The first-order chi connectivity index (χ1) is 7.81. The average Bonchev–Trinajstić information content (AvgIpc) is 2.24. The molecule has 2 fully saturated rings. The van der Waals surface area contributed by atoms with E-state index in [4.69, 9.17) is 10.5 Å². The van der Waals surface area contributed by atoms with E-state index in [9.17, 15) is 0 Å². The second-order valence-electron chi connectivity index (χ2n) is 5.49. The molecule has 3 nitrogen and oxygen atoms in total. The first kappa shape index (κ1) is 12.3. The molecular weight excluding hydrogens is 200 g/mol. The molecule has 0 aromatic carbocycles. The summed E-state index contributed by atoms with van der Waals surface area (Å²) in [6, 6.07) is 0.622. The molecule has 1 atom stereocenters. The molecule has 0 aromatic heterocycles. The lowest BCUT2D eigenvalue weighted by atomic mass is 9.79. The molecule has 1 heterocycles. The Kier molecular flexibility index (Phi) is 4.62. The summed E-state index contributed by atoms with van der Waals surface area (Å²) in [6.07, 6.45) is 6.64. The van der Waals surface area contributed by atoms with Crippen molar-refractivity contribution in [3.8, 4) is 0 Å². The van der Waals surface area contributed by atoms with Crippen LogP contribution in [0.3, 0.4) is 0 Å². The number of ether oxygens (including phenoxy) is 1. The largest absolute Gasteiger partial charge is 0.381 e. The van der Waals surface area contributed by atoms with Gasteiger partial charge in [-0.2, -0.15) is 0 Å². The number of likely N-dealkylation sites (N-methyl/N-ethyl adjacent to an activating group) is 1. The molecule has 0 spiro atoms. The highest BCUT2D eigenvalue weighted by molar-refractivity contribution is 4.85. The highest BCUT2D eigenvalue weighted by Crippen LogP contribution is 2.32. The monoisotopic (exact) mass is 226 g/mol. The number of hydrogen-bond donors (Lipinski definition) is 1. The number of rotatable bonds is 5. The third kappa shape index (κ3) is 2.96. The van der Waals surface area contributed by atoms with E-state index in [2.05, 4.69) is 11.9 Å². The van der Waals surface area contributed by atoms with Gasteiger partial charge in [-0.15, -0.1) is 0 Å². The van der Waals surface area contributed by atoms with Gasteiger partial charge < -0.3 is 15.4 Å². The van der Waals surface area contributed by atoms with E-state index in [0.29, 0.717) is 6.04 Å². The minimum atomic E-state index is 0.622. The fourth-order valence-electron chi connectivity index (χ4n) is 3.03. The van der Waals surface area contributed by atoms with E-state index < -0.39 is 0 Å². The van der Waals surface area contributed by atoms with Crippen molar-refractivity contribution in [1.29, 1.82) is 0 Å². The lowest BCUT2D eigenvalue weighted by Crippen LogP contribution is -2.47. The summed E-state index contributed by atoms with van der Waals surface area (Å²) in [5.41, 5.74) is 5.92. The van der Waals surface area contributed by atoms with Gasteiger partial charge in [0.25, 0.3) is 0 Å². The van der Waals surface area contributed by atoms with Gasteiger partial charge in [-0.1, -0.05) is 6.42 Å². The Morgan fingerprint density at radius 1 is 1.25 bits per heavy atom. The maximum atomic E-state index is 5.92. The Balaban J connectivity index is 1.77. The first-order valence-corrected chi connectivity index (χ1v) is 6.79. The molecule has 1 saturated carbocycles. The van der Waals surface area contributed by atoms with Crippen molar-refractivity contribution in [1.82, 2.24) is 4.90 Å². The van der Waals surface area contributed by atoms with Crippen LogP contribution in [0, 0.1) is 11.8 Å². The molecule has 1 aliphatic carbocycles. The standard InChI is InChI=1S/C13H26N2O/c1-15(10-11-5-7-16-8-6-11)13(9-14)12-3-2-4-12/h11-13H,2-10,14H2,1H3. The molecule has 1 unspecified atom stereocenters. The molecule has 0 aromatic rings. The highest BCUT2D eigenvalue weighted by Gasteiger charge is 2.30. The fraction of sp³-hybridized carbons (Fsp3) is 1.00. The van der Waals surface area contributed by atoms with E-state index in [0.717, 1.165) is 31.6 Å². The second-order valence-corrected chi connectivity index (χ2v) is 5.49. The predicted octanol–water partition coefficient (Wildman–Crippen LogP) is 1.47. The molecule has 0 radical (unpaired) electrons. The van der Waals surface area contributed by atoms with Crippen molar-refractivity contribution in [2.24, 2.45) is 17.6 Å². The maximum absolute atomic E-state index is 5.92. The molecule has 2 rings (SSSR count). The van der Waals surface area contributed by atoms with Crippen molar-refractivity contribution in [3.05, 3.63) is 0 Å². The third-order valence-electron chi connectivity index (χ3n) is 4.39. The lowest BCUT2D eigenvalue weighted by Gasteiger charge is -2.40. The van der Waals surface area contributed by atoms with Gasteiger partial charge in [0.1, 0.15) is 0 Å². The molecular formula is C13H26N2O. The van der Waals surface area contributed by atoms with Crippen LogP contribution in [0.15, 0.2) is 0 Å². The lowest BCUT2D eigenvalue weighted by molar-refractivity contribution is 0.0397. The Labute approximate surface area is 99.3 Å². The highest BCUT2D eigenvalue weighted by atomic mass is 16.5. The van der Waals surface area contributed by atoms with E-state index in [1.54, 1.807) is 0 Å². The zero-order valence-corrected chi connectivity index (χ0v) is 10.5. The van der Waals surface area contributed by atoms with Crippen molar-refractivity contribution in [3.63, 3.8) is 0 Å². The van der Waals surface area contributed by atoms with Crippen LogP contribution >= 0.6 is 0 Å². The van der Waals surface area contributed by atoms with E-state index in [1.807, 2.05) is 0 Å². The molecule has 0 amide bonds. The molecule has 94 valence electrons. The van der Waals surface area contributed by atoms with Crippen LogP contribution in [-0.4, -0.2) is 44.3 Å². The molecule has 1 aliphatic heterocycles. The van der Waals surface area contributed by atoms with Crippen LogP contribution in [0.4, 0.5) is 0 Å². The first-order valence-electron chi connectivity index (χ1n) is 6.79. The predicted molar refractivity (Wildman–Crippen MR) is 66.4 cm³/mol. The summed E-state index contributed by atoms with van der Waals surface area (Å²) < 4.78 is 5.40. The smallest absolute Gasteiger partial charge is 0.0469 e. The molecule has 0 bridgehead atoms. The second kappa shape index (κ2) is 5.99. The number of nitrogens with two attached hydrogens (primary N) is 1. The van der Waals surface area contributed by atoms with Crippen LogP contribution in [0.5, 0.6) is 0 Å². The van der Waals surface area contributed by atoms with Gasteiger partial charge >= 0.3 is 0 Å². The minimum Gasteiger partial charge on any atom is -0.381 e. The zero-order chi connectivity index (χ0) is 11.4. The van der Waals surface area contributed by atoms with Crippen LogP contribution in [0.2, 0.25) is 0 Å². The summed E-state index contributed by atoms with van der Waals surface area (Å²) in [5, 5.41) is 0. The van der Waals surface area contributed by atoms with Crippen LogP contribution in [0.1, 0.15) is 32.1 Å². The van der Waals surface area contributed by atoms with Gasteiger partial charge in [0.05, 0.1) is 0 Å². The summed E-state index contributed by atoms with van der Waals surface area (Å²) >= 11 is 0. The summed E-state index contributed by atoms with van der Waals surface area (Å²) in [7, 11) is 2.26. The Morgan fingerprint density at radius 3 is 2.44 bits per heavy atom. The SMILES string of the molecule is CN(CC1CCOCC1)C(CN)C1CCC1. The summed E-state index contributed by atoms with van der Waals surface area (Å²) in [4.78, 5) is 2.51. The minimum absolute atomic E-state index is 0.622. The van der Waals surface area contributed by atoms with Crippen molar-refractivity contribution < 1.29 is 4.74 Å². The quantitative estimate of drug-likeness (QED) is 0.771. The van der Waals surface area contributed by atoms with Gasteiger partial charge in [-0.25, -0.2) is 0 Å². The molecule has 1 saturated heterocycles. The van der Waals surface area contributed by atoms with Crippen molar-refractivity contribution in [2.75, 3.05) is 33.4 Å². The molecule has 2 N–H and O–H groups in total. The molecule has 3 heteroatoms. The third-order valence-corrected chi connectivity index (χ3v) is 4.39. The normalized spacial score (nSPS) is 25.7. The Morgan fingerprint density at radius 2 is 1.94 bits per heavy atom. The van der Waals surface area contributed by atoms with Crippen molar-refractivity contribution >= 4 is 0 Å². The van der Waals surface area contributed by atoms with Gasteiger partial charge in [0, 0.05) is 32.3 Å². The summed E-state index contributed by atoms with van der Waals surface area (Å²) in [5.74, 6) is 1.70. The van der Waals surface area contributed by atoms with Gasteiger partial charge in [0.2, 0.25) is 0 Å². The van der Waals surface area contributed by atoms with Crippen LogP contribution in [0.25, 0.3) is 0 Å². The van der Waals surface area contributed by atoms with Crippen molar-refractivity contribution in [2.45, 2.75) is 38.1 Å². The van der Waals surface area contributed by atoms with E-state index in [-0.39, 0.29) is 0 Å². The topological polar surface area (TPSA) is 38.5 Å². The van der Waals surface area contributed by atoms with E-state index >= 15 is 0 Å². The summed E-state index contributed by atoms with van der Waals surface area (Å²) in [6.45, 7) is 3.94. The van der Waals surface area contributed by atoms with Gasteiger partial charge in [-0.3, -0.25) is 0 Å². The fourth-order valence-corrected chi connectivity index (χ4v) is 3.03. The van der Waals surface area contributed by atoms with Crippen LogP contribution in [-0.2, 0) is 4.74 Å². The van der Waals surface area contributed by atoms with Gasteiger partial charge in [-0.05, 0) is 44.6 Å². The molecule has 16 heavy (non-hydrogen) atoms. The maximum Gasteiger partial charge on any atom is 0.0469 e. The average molecular weight is 226 g/mol. The zero-order valence-electron chi connectivity index (χ0n) is 10.5. The van der Waals surface area contributed by atoms with Crippen LogP contribution < -0.4 is 5.73 Å². The number of hydrogen-bond acceptors (Lipinski definition) is 3. The molecule has 2 aliphatic rings. The van der Waals surface area contributed by atoms with E-state index in [1.165, 1.54) is 38.6 Å². The number of nitrogens with zero attached hydrogens (tertiary/aromatic N) is 1. The van der Waals surface area contributed by atoms with Gasteiger partial charge in [0.15, 0.2) is 0 Å².